The summed E-state index contributed by atoms with van der Waals surface area (Å²) in [6.45, 7) is 4.08. The summed E-state index contributed by atoms with van der Waals surface area (Å²) in [6, 6.07) is 10.8. The number of nitrogens with zero attached hydrogens (tertiary/aromatic N) is 4. The van der Waals surface area contributed by atoms with Gasteiger partial charge in [0, 0.05) is 20.5 Å². The minimum absolute atomic E-state index is 0.0359. The van der Waals surface area contributed by atoms with Gasteiger partial charge in [0.1, 0.15) is 0 Å². The maximum absolute atomic E-state index is 11.4. The molecule has 1 aliphatic heterocycles. The van der Waals surface area contributed by atoms with Crippen molar-refractivity contribution >= 4 is 5.91 Å². The number of aromatic nitrogens is 2. The van der Waals surface area contributed by atoms with Gasteiger partial charge in [-0.2, -0.15) is 0 Å². The number of rotatable bonds is 5. The van der Waals surface area contributed by atoms with Crippen molar-refractivity contribution in [1.82, 2.24) is 19.8 Å². The van der Waals surface area contributed by atoms with Gasteiger partial charge < -0.3 is 4.90 Å². The second-order valence-corrected chi connectivity index (χ2v) is 6.42. The highest BCUT2D eigenvalue weighted by atomic mass is 16.2. The molecule has 0 spiro atoms. The zero-order valence-corrected chi connectivity index (χ0v) is 14.4. The Labute approximate surface area is 143 Å². The topological polar surface area (TPSA) is 49.3 Å². The lowest BCUT2D eigenvalue weighted by atomic mass is 10.1. The number of benzene rings is 1. The molecule has 0 bridgehead atoms. The molecule has 24 heavy (non-hydrogen) atoms. The predicted molar refractivity (Wildman–Crippen MR) is 93.0 cm³/mol. The zero-order chi connectivity index (χ0) is 16.9. The summed E-state index contributed by atoms with van der Waals surface area (Å²) in [5.41, 5.74) is 3.18. The molecule has 2 heterocycles. The van der Waals surface area contributed by atoms with Crippen molar-refractivity contribution in [2.75, 3.05) is 13.6 Å². The monoisotopic (exact) mass is 324 g/mol. The molecular formula is C19H24N4O. The Balaban J connectivity index is 1.74. The van der Waals surface area contributed by atoms with E-state index in [2.05, 4.69) is 34.1 Å². The van der Waals surface area contributed by atoms with Crippen molar-refractivity contribution in [3.8, 4) is 0 Å². The average molecular weight is 324 g/mol. The van der Waals surface area contributed by atoms with Crippen molar-refractivity contribution in [3.63, 3.8) is 0 Å². The molecule has 5 heteroatoms. The second kappa shape index (κ2) is 7.53. The summed E-state index contributed by atoms with van der Waals surface area (Å²) in [5, 5.41) is 0. The van der Waals surface area contributed by atoms with Crippen LogP contribution in [0.3, 0.4) is 0 Å². The number of hydrogen-bond donors (Lipinski definition) is 0. The molecule has 1 atom stereocenters. The number of carbonyl (C=O) groups is 1. The Kier molecular flexibility index (Phi) is 5.20. The Morgan fingerprint density at radius 3 is 2.83 bits per heavy atom. The minimum Gasteiger partial charge on any atom is -0.340 e. The zero-order valence-electron chi connectivity index (χ0n) is 14.4. The fraction of sp³-hybridized carbons (Fsp3) is 0.421. The van der Waals surface area contributed by atoms with Crippen molar-refractivity contribution in [1.29, 1.82) is 0 Å². The van der Waals surface area contributed by atoms with Gasteiger partial charge in [0.25, 0.3) is 0 Å². The lowest BCUT2D eigenvalue weighted by Crippen LogP contribution is -2.26. The molecule has 1 aliphatic rings. The Hall–Kier alpha value is -2.27. The van der Waals surface area contributed by atoms with E-state index in [1.807, 2.05) is 12.3 Å². The summed E-state index contributed by atoms with van der Waals surface area (Å²) >= 11 is 0. The van der Waals surface area contributed by atoms with Crippen molar-refractivity contribution in [2.45, 2.75) is 38.9 Å². The van der Waals surface area contributed by atoms with E-state index in [1.165, 1.54) is 12.0 Å². The maximum atomic E-state index is 11.4. The van der Waals surface area contributed by atoms with Gasteiger partial charge in [-0.3, -0.25) is 19.7 Å². The second-order valence-electron chi connectivity index (χ2n) is 6.42. The van der Waals surface area contributed by atoms with Crippen LogP contribution in [0.1, 0.15) is 42.8 Å². The van der Waals surface area contributed by atoms with E-state index >= 15 is 0 Å². The van der Waals surface area contributed by atoms with Crippen LogP contribution in [0.15, 0.2) is 42.7 Å². The van der Waals surface area contributed by atoms with Crippen molar-refractivity contribution < 1.29 is 4.79 Å². The van der Waals surface area contributed by atoms with E-state index in [9.17, 15) is 4.79 Å². The van der Waals surface area contributed by atoms with E-state index in [4.69, 9.17) is 4.98 Å². The van der Waals surface area contributed by atoms with Gasteiger partial charge in [-0.05, 0) is 24.9 Å². The maximum Gasteiger partial charge on any atom is 0.219 e. The van der Waals surface area contributed by atoms with E-state index < -0.39 is 0 Å². The molecule has 1 aromatic carbocycles. The van der Waals surface area contributed by atoms with Crippen LogP contribution in [0.25, 0.3) is 0 Å². The van der Waals surface area contributed by atoms with Crippen LogP contribution >= 0.6 is 0 Å². The molecular weight excluding hydrogens is 300 g/mol. The van der Waals surface area contributed by atoms with Crippen LogP contribution in [0.4, 0.5) is 0 Å². The molecule has 126 valence electrons. The van der Waals surface area contributed by atoms with Gasteiger partial charge in [0.15, 0.2) is 0 Å². The normalized spacial score (nSPS) is 17.8. The van der Waals surface area contributed by atoms with Crippen molar-refractivity contribution in [2.24, 2.45) is 0 Å². The first-order valence-corrected chi connectivity index (χ1v) is 8.44. The van der Waals surface area contributed by atoms with Crippen molar-refractivity contribution in [3.05, 3.63) is 59.7 Å². The lowest BCUT2D eigenvalue weighted by molar-refractivity contribution is -0.128. The largest absolute Gasteiger partial charge is 0.340 e. The molecule has 3 rings (SSSR count). The minimum atomic E-state index is 0.0359. The Morgan fingerprint density at radius 1 is 1.29 bits per heavy atom. The third kappa shape index (κ3) is 3.97. The highest BCUT2D eigenvalue weighted by Crippen LogP contribution is 2.31. The number of hydrogen-bond acceptors (Lipinski definition) is 4. The summed E-state index contributed by atoms with van der Waals surface area (Å²) in [5.74, 6) is 0.0359. The van der Waals surface area contributed by atoms with Gasteiger partial charge in [-0.15, -0.1) is 0 Å². The molecule has 1 amide bonds. The van der Waals surface area contributed by atoms with Crippen LogP contribution in [0.5, 0.6) is 0 Å². The standard InChI is InChI=1S/C19H24N4O/c1-15(24)22(2)14-17-11-20-12-18(21-17)19-9-6-10-23(19)13-16-7-4-3-5-8-16/h3-5,7-8,11-12,19H,6,9-10,13-14H2,1-2H3. The highest BCUT2D eigenvalue weighted by molar-refractivity contribution is 5.72. The SMILES string of the molecule is CC(=O)N(C)Cc1cncc(C2CCCN2Cc2ccccc2)n1. The first-order valence-electron chi connectivity index (χ1n) is 8.44. The van der Waals surface area contributed by atoms with E-state index in [0.717, 1.165) is 30.9 Å². The van der Waals surface area contributed by atoms with Gasteiger partial charge >= 0.3 is 0 Å². The molecule has 1 unspecified atom stereocenters. The molecule has 1 fully saturated rings. The number of carbonyl (C=O) groups excluding carboxylic acids is 1. The van der Waals surface area contributed by atoms with Crippen LogP contribution < -0.4 is 0 Å². The molecule has 0 radical (unpaired) electrons. The Morgan fingerprint density at radius 2 is 2.08 bits per heavy atom. The van der Waals surface area contributed by atoms with E-state index in [0.29, 0.717) is 12.6 Å². The summed E-state index contributed by atoms with van der Waals surface area (Å²) in [7, 11) is 1.79. The number of amides is 1. The molecule has 1 aromatic heterocycles. The third-order valence-corrected chi connectivity index (χ3v) is 4.57. The van der Waals surface area contributed by atoms with Crippen LogP contribution in [-0.4, -0.2) is 39.3 Å². The fourth-order valence-electron chi connectivity index (χ4n) is 3.18. The first-order chi connectivity index (χ1) is 11.6. The smallest absolute Gasteiger partial charge is 0.219 e. The summed E-state index contributed by atoms with van der Waals surface area (Å²) < 4.78 is 0. The first kappa shape index (κ1) is 16.6. The number of likely N-dealkylation sites (tertiary alicyclic amines) is 1. The lowest BCUT2D eigenvalue weighted by Gasteiger charge is -2.24. The van der Waals surface area contributed by atoms with Gasteiger partial charge in [-0.1, -0.05) is 30.3 Å². The van der Waals surface area contributed by atoms with Crippen LogP contribution in [0, 0.1) is 0 Å². The third-order valence-electron chi connectivity index (χ3n) is 4.57. The fourth-order valence-corrected chi connectivity index (χ4v) is 3.18. The highest BCUT2D eigenvalue weighted by Gasteiger charge is 2.27. The molecule has 5 nitrogen and oxygen atoms in total. The average Bonchev–Trinajstić information content (AvgIpc) is 3.04. The van der Waals surface area contributed by atoms with Crippen LogP contribution in [0.2, 0.25) is 0 Å². The summed E-state index contributed by atoms with van der Waals surface area (Å²) in [4.78, 5) is 24.7. The van der Waals surface area contributed by atoms with Gasteiger partial charge in [0.05, 0.1) is 36.4 Å². The summed E-state index contributed by atoms with van der Waals surface area (Å²) in [6.07, 6.45) is 5.90. The molecule has 0 saturated carbocycles. The molecule has 0 aliphatic carbocycles. The molecule has 0 N–H and O–H groups in total. The molecule has 1 saturated heterocycles. The van der Waals surface area contributed by atoms with Crippen LogP contribution in [-0.2, 0) is 17.9 Å². The molecule has 2 aromatic rings. The van der Waals surface area contributed by atoms with E-state index in [1.54, 1.807) is 25.1 Å². The van der Waals surface area contributed by atoms with Gasteiger partial charge in [0.2, 0.25) is 5.91 Å². The predicted octanol–water partition coefficient (Wildman–Crippen LogP) is 2.79. The van der Waals surface area contributed by atoms with Gasteiger partial charge in [-0.25, -0.2) is 0 Å². The quantitative estimate of drug-likeness (QED) is 0.848. The Bertz CT molecular complexity index is 689. The van der Waals surface area contributed by atoms with E-state index in [-0.39, 0.29) is 5.91 Å².